The van der Waals surface area contributed by atoms with Gasteiger partial charge in [0.15, 0.2) is 8.24 Å². The van der Waals surface area contributed by atoms with Crippen LogP contribution in [0, 0.1) is 0 Å². The average Bonchev–Trinajstić information content (AvgIpc) is 2.89. The zero-order valence-corrected chi connectivity index (χ0v) is 22.8. The summed E-state index contributed by atoms with van der Waals surface area (Å²) < 4.78 is 13.8. The lowest BCUT2D eigenvalue weighted by Gasteiger charge is -2.28. The number of aromatic nitrogens is 1. The predicted octanol–water partition coefficient (Wildman–Crippen LogP) is 5.05. The Morgan fingerprint density at radius 3 is 2.17 bits per heavy atom. The van der Waals surface area contributed by atoms with Gasteiger partial charge in [0.2, 0.25) is 8.32 Å². The SMILES string of the molecule is COc1ccc2c(c1)c(CC(N[Si](C)(C)C)C(=O)O[Si](C)(C)C)cn2[Si](C)(C)C. The number of rotatable bonds is 8. The number of fused-ring (bicyclic) bond motifs is 1. The Morgan fingerprint density at radius 2 is 1.69 bits per heavy atom. The summed E-state index contributed by atoms with van der Waals surface area (Å²) in [5, 5.41) is 1.16. The first-order valence-corrected chi connectivity index (χ1v) is 20.7. The van der Waals surface area contributed by atoms with Crippen LogP contribution < -0.4 is 9.72 Å². The van der Waals surface area contributed by atoms with Gasteiger partial charge in [-0.15, -0.1) is 0 Å². The third-order valence-corrected chi connectivity index (χ3v) is 8.38. The number of methoxy groups -OCH3 is 1. The first-order chi connectivity index (χ1) is 13.1. The first kappa shape index (κ1) is 23.9. The number of nitrogens with zero attached hydrogens (tertiary/aromatic N) is 1. The van der Waals surface area contributed by atoms with Gasteiger partial charge in [-0.05, 0) is 56.0 Å². The van der Waals surface area contributed by atoms with Crippen LogP contribution in [0.25, 0.3) is 10.9 Å². The summed E-state index contributed by atoms with van der Waals surface area (Å²) in [5.74, 6) is 0.717. The van der Waals surface area contributed by atoms with Gasteiger partial charge in [0, 0.05) is 10.9 Å². The Balaban J connectivity index is 2.52. The van der Waals surface area contributed by atoms with Crippen molar-refractivity contribution in [3.63, 3.8) is 0 Å². The maximum absolute atomic E-state index is 13.1. The molecule has 8 heteroatoms. The summed E-state index contributed by atoms with van der Waals surface area (Å²) in [6, 6.07) is 5.91. The molecule has 0 bridgehead atoms. The molecule has 0 fully saturated rings. The summed E-state index contributed by atoms with van der Waals surface area (Å²) in [4.78, 5) is 16.7. The second-order valence-corrected chi connectivity index (χ2v) is 24.8. The summed E-state index contributed by atoms with van der Waals surface area (Å²) in [6.45, 7) is 19.8. The van der Waals surface area contributed by atoms with Crippen LogP contribution in [0.4, 0.5) is 0 Å². The second kappa shape index (κ2) is 8.41. The molecule has 0 saturated carbocycles. The van der Waals surface area contributed by atoms with Crippen LogP contribution in [0.3, 0.4) is 0 Å². The maximum atomic E-state index is 13.1. The van der Waals surface area contributed by atoms with E-state index in [1.54, 1.807) is 7.11 Å². The van der Waals surface area contributed by atoms with Crippen molar-refractivity contribution in [2.24, 2.45) is 0 Å². The number of carbonyl (C=O) groups is 1. The molecule has 0 spiro atoms. The zero-order chi connectivity index (χ0) is 22.2. The van der Waals surface area contributed by atoms with E-state index in [9.17, 15) is 4.79 Å². The van der Waals surface area contributed by atoms with E-state index in [0.717, 1.165) is 11.1 Å². The van der Waals surface area contributed by atoms with E-state index in [0.29, 0.717) is 6.42 Å². The van der Waals surface area contributed by atoms with Gasteiger partial charge in [-0.3, -0.25) is 4.79 Å². The third-order valence-electron chi connectivity index (χ3n) is 4.54. The number of carbonyl (C=O) groups excluding carboxylic acids is 1. The van der Waals surface area contributed by atoms with Gasteiger partial charge in [-0.25, -0.2) is 0 Å². The Bertz CT molecular complexity index is 874. The van der Waals surface area contributed by atoms with Crippen LogP contribution in [-0.2, 0) is 15.6 Å². The number of ether oxygens (including phenoxy) is 1. The lowest BCUT2D eigenvalue weighted by molar-refractivity contribution is -0.137. The minimum absolute atomic E-state index is 0.122. The van der Waals surface area contributed by atoms with Crippen molar-refractivity contribution in [3.8, 4) is 5.75 Å². The molecule has 0 aliphatic carbocycles. The van der Waals surface area contributed by atoms with Gasteiger partial charge in [-0.1, -0.05) is 39.3 Å². The van der Waals surface area contributed by atoms with E-state index in [2.05, 4.69) is 86.5 Å². The Morgan fingerprint density at radius 1 is 1.07 bits per heavy atom. The first-order valence-electron chi connectivity index (χ1n) is 10.3. The quantitative estimate of drug-likeness (QED) is 0.572. The minimum Gasteiger partial charge on any atom is -0.519 e. The Kier molecular flexibility index (Phi) is 6.93. The van der Waals surface area contributed by atoms with Crippen molar-refractivity contribution >= 4 is 41.7 Å². The van der Waals surface area contributed by atoms with Crippen molar-refractivity contribution in [2.45, 2.75) is 71.4 Å². The smallest absolute Gasteiger partial charge is 0.309 e. The van der Waals surface area contributed by atoms with Crippen molar-refractivity contribution < 1.29 is 14.0 Å². The van der Waals surface area contributed by atoms with E-state index in [1.807, 2.05) is 6.07 Å². The normalized spacial score (nSPS) is 14.1. The molecule has 2 aromatic rings. The molecule has 162 valence electrons. The van der Waals surface area contributed by atoms with Crippen LogP contribution in [0.15, 0.2) is 24.4 Å². The molecule has 0 amide bonds. The van der Waals surface area contributed by atoms with Crippen molar-refractivity contribution in [2.75, 3.05) is 7.11 Å². The summed E-state index contributed by atoms with van der Waals surface area (Å²) in [5.41, 5.74) is 2.38. The zero-order valence-electron chi connectivity index (χ0n) is 19.8. The molecule has 1 unspecified atom stereocenters. The summed E-state index contributed by atoms with van der Waals surface area (Å²) >= 11 is 0. The molecule has 0 saturated heterocycles. The van der Waals surface area contributed by atoms with E-state index < -0.39 is 24.8 Å². The standard InChI is InChI=1S/C21H38N2O3Si3/c1-25-17-11-12-20-18(14-17)16(15-23(20)28(5,6)7)13-19(22-27(2,3)4)21(24)26-29(8,9)10/h11-12,14-15,19,22H,13H2,1-10H3. The lowest BCUT2D eigenvalue weighted by atomic mass is 10.1. The van der Waals surface area contributed by atoms with Crippen LogP contribution in [0.2, 0.25) is 58.9 Å². The van der Waals surface area contributed by atoms with E-state index in [1.165, 1.54) is 11.1 Å². The highest BCUT2D eigenvalue weighted by Crippen LogP contribution is 2.30. The molecular formula is C21H38N2O3Si3. The van der Waals surface area contributed by atoms with Gasteiger partial charge in [0.25, 0.3) is 0 Å². The topological polar surface area (TPSA) is 52.5 Å². The second-order valence-electron chi connectivity index (χ2n) is 10.8. The highest BCUT2D eigenvalue weighted by atomic mass is 28.4. The van der Waals surface area contributed by atoms with Gasteiger partial charge < -0.3 is 18.4 Å². The van der Waals surface area contributed by atoms with Crippen molar-refractivity contribution in [1.29, 1.82) is 0 Å². The highest BCUT2D eigenvalue weighted by molar-refractivity contribution is 6.75. The molecule has 29 heavy (non-hydrogen) atoms. The van der Waals surface area contributed by atoms with Crippen molar-refractivity contribution in [3.05, 3.63) is 30.0 Å². The van der Waals surface area contributed by atoms with Gasteiger partial charge >= 0.3 is 5.97 Å². The van der Waals surface area contributed by atoms with E-state index in [4.69, 9.17) is 9.16 Å². The number of hydrogen-bond donors (Lipinski definition) is 1. The van der Waals surface area contributed by atoms with E-state index >= 15 is 0 Å². The van der Waals surface area contributed by atoms with Crippen LogP contribution in [0.5, 0.6) is 5.75 Å². The molecule has 0 aliphatic rings. The molecule has 2 rings (SSSR count). The average molecular weight is 451 g/mol. The molecule has 5 nitrogen and oxygen atoms in total. The lowest BCUT2D eigenvalue weighted by Crippen LogP contribution is -2.54. The third kappa shape index (κ3) is 6.56. The summed E-state index contributed by atoms with van der Waals surface area (Å²) in [6.07, 6.45) is 2.87. The largest absolute Gasteiger partial charge is 0.519 e. The molecule has 1 N–H and O–H groups in total. The summed E-state index contributed by atoms with van der Waals surface area (Å²) in [7, 11) is -3.57. The fourth-order valence-corrected chi connectivity index (χ4v) is 6.90. The van der Waals surface area contributed by atoms with Gasteiger partial charge in [-0.2, -0.15) is 0 Å². The molecule has 1 heterocycles. The number of benzene rings is 1. The van der Waals surface area contributed by atoms with Crippen LogP contribution >= 0.6 is 0 Å². The molecule has 1 aromatic carbocycles. The molecule has 0 aliphatic heterocycles. The highest BCUT2D eigenvalue weighted by Gasteiger charge is 2.31. The fraction of sp³-hybridized carbons (Fsp3) is 0.571. The molecular weight excluding hydrogens is 413 g/mol. The number of nitrogens with one attached hydrogen (secondary N) is 1. The predicted molar refractivity (Wildman–Crippen MR) is 131 cm³/mol. The molecule has 1 atom stereocenters. The number of hydrogen-bond acceptors (Lipinski definition) is 4. The van der Waals surface area contributed by atoms with Gasteiger partial charge in [0.05, 0.1) is 7.11 Å². The van der Waals surface area contributed by atoms with Crippen molar-refractivity contribution in [1.82, 2.24) is 9.22 Å². The molecule has 1 aromatic heterocycles. The van der Waals surface area contributed by atoms with Crippen LogP contribution in [0.1, 0.15) is 5.56 Å². The van der Waals surface area contributed by atoms with Gasteiger partial charge in [0.1, 0.15) is 20.0 Å². The Labute approximate surface area is 179 Å². The molecule has 0 radical (unpaired) electrons. The maximum Gasteiger partial charge on any atom is 0.309 e. The Hall–Kier alpha value is -1.36. The fourth-order valence-electron chi connectivity index (χ4n) is 3.43. The minimum atomic E-state index is -1.96. The van der Waals surface area contributed by atoms with E-state index in [-0.39, 0.29) is 12.0 Å². The van der Waals surface area contributed by atoms with Crippen LogP contribution in [-0.4, -0.2) is 48.1 Å². The monoisotopic (exact) mass is 450 g/mol.